The smallest absolute Gasteiger partial charge is 0.244 e. The molecule has 1 N–H and O–H groups in total. The van der Waals surface area contributed by atoms with Crippen LogP contribution in [0.1, 0.15) is 39.0 Å². The number of hydrogen-bond acceptors (Lipinski definition) is 3. The van der Waals surface area contributed by atoms with E-state index in [0.717, 1.165) is 6.54 Å². The Bertz CT molecular complexity index is 492. The topological polar surface area (TPSA) is 67.2 Å². The molecule has 2 rings (SSSR count). The minimum absolute atomic E-state index is 0.0537. The highest BCUT2D eigenvalue weighted by molar-refractivity contribution is 5.88. The van der Waals surface area contributed by atoms with Crippen molar-refractivity contribution in [2.24, 2.45) is 5.92 Å². The van der Waals surface area contributed by atoms with E-state index in [1.807, 2.05) is 7.05 Å². The lowest BCUT2D eigenvalue weighted by molar-refractivity contribution is -0.131. The van der Waals surface area contributed by atoms with Crippen molar-refractivity contribution in [2.75, 3.05) is 18.9 Å². The van der Waals surface area contributed by atoms with E-state index in [2.05, 4.69) is 10.4 Å². The van der Waals surface area contributed by atoms with E-state index < -0.39 is 0 Å². The Morgan fingerprint density at radius 2 is 2.10 bits per heavy atom. The second-order valence-corrected chi connectivity index (χ2v) is 5.89. The molecule has 1 saturated carbocycles. The summed E-state index contributed by atoms with van der Waals surface area (Å²) in [7, 11) is 1.86. The molecule has 2 amide bonds. The van der Waals surface area contributed by atoms with E-state index in [9.17, 15) is 9.59 Å². The van der Waals surface area contributed by atoms with Crippen LogP contribution in [0.5, 0.6) is 0 Å². The lowest BCUT2D eigenvalue weighted by Crippen LogP contribution is -2.35. The number of nitrogens with zero attached hydrogens (tertiary/aromatic N) is 3. The highest BCUT2D eigenvalue weighted by Gasteiger charge is 2.18. The van der Waals surface area contributed by atoms with Gasteiger partial charge in [-0.1, -0.05) is 19.3 Å². The fourth-order valence-corrected chi connectivity index (χ4v) is 2.84. The number of rotatable bonds is 5. The molecular formula is C15H24N4O2. The van der Waals surface area contributed by atoms with Crippen molar-refractivity contribution >= 4 is 17.5 Å². The second kappa shape index (κ2) is 7.24. The fourth-order valence-electron chi connectivity index (χ4n) is 2.84. The molecule has 1 aromatic rings. The van der Waals surface area contributed by atoms with Crippen LogP contribution in [0, 0.1) is 5.92 Å². The van der Waals surface area contributed by atoms with Crippen LogP contribution in [0.2, 0.25) is 0 Å². The third-order valence-electron chi connectivity index (χ3n) is 3.93. The molecule has 0 radical (unpaired) electrons. The molecule has 1 heterocycles. The Hall–Kier alpha value is -1.85. The van der Waals surface area contributed by atoms with Gasteiger partial charge in [-0.05, 0) is 18.8 Å². The number of carbonyl (C=O) groups is 2. The van der Waals surface area contributed by atoms with E-state index in [-0.39, 0.29) is 18.4 Å². The summed E-state index contributed by atoms with van der Waals surface area (Å²) in [6.45, 7) is 2.49. The minimum Gasteiger partial charge on any atom is -0.344 e. The monoisotopic (exact) mass is 292 g/mol. The van der Waals surface area contributed by atoms with Gasteiger partial charge in [-0.3, -0.25) is 14.3 Å². The van der Waals surface area contributed by atoms with E-state index in [1.165, 1.54) is 39.0 Å². The fraction of sp³-hybridized carbons (Fsp3) is 0.667. The SMILES string of the molecule is CC(=O)Nc1cnn(CC(=O)N(C)CC2CCCCC2)c1. The van der Waals surface area contributed by atoms with Gasteiger partial charge in [0.05, 0.1) is 11.9 Å². The zero-order valence-electron chi connectivity index (χ0n) is 12.8. The quantitative estimate of drug-likeness (QED) is 0.901. The summed E-state index contributed by atoms with van der Waals surface area (Å²) in [5.41, 5.74) is 0.616. The second-order valence-electron chi connectivity index (χ2n) is 5.89. The number of aromatic nitrogens is 2. The van der Waals surface area contributed by atoms with Gasteiger partial charge in [0.1, 0.15) is 6.54 Å². The third kappa shape index (κ3) is 4.88. The zero-order valence-corrected chi connectivity index (χ0v) is 12.8. The van der Waals surface area contributed by atoms with Crippen molar-refractivity contribution < 1.29 is 9.59 Å². The average molecular weight is 292 g/mol. The molecule has 0 atom stereocenters. The normalized spacial score (nSPS) is 15.7. The van der Waals surface area contributed by atoms with E-state index in [0.29, 0.717) is 11.6 Å². The molecule has 21 heavy (non-hydrogen) atoms. The summed E-state index contributed by atoms with van der Waals surface area (Å²) in [5.74, 6) is 0.550. The molecule has 6 nitrogen and oxygen atoms in total. The summed E-state index contributed by atoms with van der Waals surface area (Å²) in [6.07, 6.45) is 9.58. The number of amides is 2. The first-order chi connectivity index (χ1) is 10.0. The van der Waals surface area contributed by atoms with Gasteiger partial charge in [-0.25, -0.2) is 0 Å². The molecule has 0 spiro atoms. The number of hydrogen-bond donors (Lipinski definition) is 1. The molecule has 1 fully saturated rings. The van der Waals surface area contributed by atoms with Crippen LogP contribution in [-0.2, 0) is 16.1 Å². The number of nitrogens with one attached hydrogen (secondary N) is 1. The standard InChI is InChI=1S/C15H24N4O2/c1-12(20)17-14-8-16-19(10-14)11-15(21)18(2)9-13-6-4-3-5-7-13/h8,10,13H,3-7,9,11H2,1-2H3,(H,17,20). The van der Waals surface area contributed by atoms with Crippen LogP contribution < -0.4 is 5.32 Å². The van der Waals surface area contributed by atoms with E-state index >= 15 is 0 Å². The Labute approximate surface area is 125 Å². The van der Waals surface area contributed by atoms with Crippen molar-refractivity contribution in [1.82, 2.24) is 14.7 Å². The van der Waals surface area contributed by atoms with Crippen molar-refractivity contribution in [1.29, 1.82) is 0 Å². The summed E-state index contributed by atoms with van der Waals surface area (Å²) < 4.78 is 1.56. The predicted molar refractivity (Wildman–Crippen MR) is 80.7 cm³/mol. The van der Waals surface area contributed by atoms with Crippen molar-refractivity contribution in [3.8, 4) is 0 Å². The number of carbonyl (C=O) groups excluding carboxylic acids is 2. The van der Waals surface area contributed by atoms with Gasteiger partial charge in [-0.15, -0.1) is 0 Å². The Morgan fingerprint density at radius 1 is 1.38 bits per heavy atom. The van der Waals surface area contributed by atoms with Gasteiger partial charge in [0, 0.05) is 26.7 Å². The molecule has 1 aromatic heterocycles. The van der Waals surface area contributed by atoms with Crippen molar-refractivity contribution in [2.45, 2.75) is 45.6 Å². The third-order valence-corrected chi connectivity index (χ3v) is 3.93. The van der Waals surface area contributed by atoms with E-state index in [4.69, 9.17) is 0 Å². The van der Waals surface area contributed by atoms with Gasteiger partial charge in [0.15, 0.2) is 0 Å². The molecular weight excluding hydrogens is 268 g/mol. The van der Waals surface area contributed by atoms with Crippen LogP contribution in [0.25, 0.3) is 0 Å². The summed E-state index contributed by atoms with van der Waals surface area (Å²) in [6, 6.07) is 0. The van der Waals surface area contributed by atoms with E-state index in [1.54, 1.807) is 22.0 Å². The van der Waals surface area contributed by atoms with Gasteiger partial charge in [0.2, 0.25) is 11.8 Å². The summed E-state index contributed by atoms with van der Waals surface area (Å²) in [5, 5.41) is 6.74. The highest BCUT2D eigenvalue weighted by atomic mass is 16.2. The number of anilines is 1. The Kier molecular flexibility index (Phi) is 5.36. The lowest BCUT2D eigenvalue weighted by Gasteiger charge is -2.27. The minimum atomic E-state index is -0.143. The lowest BCUT2D eigenvalue weighted by atomic mass is 9.89. The Balaban J connectivity index is 1.82. The van der Waals surface area contributed by atoms with Crippen LogP contribution in [-0.4, -0.2) is 40.1 Å². The first-order valence-corrected chi connectivity index (χ1v) is 7.58. The van der Waals surface area contributed by atoms with Crippen molar-refractivity contribution in [3.63, 3.8) is 0 Å². The van der Waals surface area contributed by atoms with Gasteiger partial charge < -0.3 is 10.2 Å². The van der Waals surface area contributed by atoms with Gasteiger partial charge in [0.25, 0.3) is 0 Å². The Morgan fingerprint density at radius 3 is 2.76 bits per heavy atom. The summed E-state index contributed by atoms with van der Waals surface area (Å²) in [4.78, 5) is 24.9. The largest absolute Gasteiger partial charge is 0.344 e. The molecule has 1 aliphatic rings. The molecule has 0 unspecified atom stereocenters. The molecule has 0 aliphatic heterocycles. The summed E-state index contributed by atoms with van der Waals surface area (Å²) >= 11 is 0. The maximum absolute atomic E-state index is 12.2. The van der Waals surface area contributed by atoms with Crippen LogP contribution in [0.4, 0.5) is 5.69 Å². The van der Waals surface area contributed by atoms with Crippen LogP contribution in [0.3, 0.4) is 0 Å². The molecule has 116 valence electrons. The molecule has 1 aliphatic carbocycles. The number of likely N-dealkylation sites (N-methyl/N-ethyl adjacent to an activating group) is 1. The molecule has 0 saturated heterocycles. The predicted octanol–water partition coefficient (Wildman–Crippen LogP) is 1.88. The van der Waals surface area contributed by atoms with Crippen LogP contribution in [0.15, 0.2) is 12.4 Å². The molecule has 6 heteroatoms. The maximum Gasteiger partial charge on any atom is 0.244 e. The first-order valence-electron chi connectivity index (χ1n) is 7.58. The van der Waals surface area contributed by atoms with Gasteiger partial charge in [-0.2, -0.15) is 5.10 Å². The first kappa shape index (κ1) is 15.5. The van der Waals surface area contributed by atoms with Gasteiger partial charge >= 0.3 is 0 Å². The average Bonchev–Trinajstić information content (AvgIpc) is 2.86. The maximum atomic E-state index is 12.2. The highest BCUT2D eigenvalue weighted by Crippen LogP contribution is 2.24. The zero-order chi connectivity index (χ0) is 15.2. The molecule has 0 bridgehead atoms. The van der Waals surface area contributed by atoms with Crippen LogP contribution >= 0.6 is 0 Å². The molecule has 0 aromatic carbocycles. The van der Waals surface area contributed by atoms with Crippen molar-refractivity contribution in [3.05, 3.63) is 12.4 Å².